The summed E-state index contributed by atoms with van der Waals surface area (Å²) in [6, 6.07) is 7.88. The van der Waals surface area contributed by atoms with E-state index in [0.717, 1.165) is 43.9 Å². The molecule has 2 rings (SSSR count). The maximum absolute atomic E-state index is 13.0. The smallest absolute Gasteiger partial charge is 0.242 e. The lowest BCUT2D eigenvalue weighted by molar-refractivity contribution is -0.126. The number of benzene rings is 1. The van der Waals surface area contributed by atoms with Crippen molar-refractivity contribution in [3.05, 3.63) is 35.4 Å². The fourth-order valence-corrected chi connectivity index (χ4v) is 3.73. The van der Waals surface area contributed by atoms with Gasteiger partial charge in [-0.25, -0.2) is 0 Å². The van der Waals surface area contributed by atoms with Crippen LogP contribution in [0.15, 0.2) is 24.3 Å². The number of rotatable bonds is 7. The summed E-state index contributed by atoms with van der Waals surface area (Å²) in [4.78, 5) is 20.0. The predicted octanol–water partition coefficient (Wildman–Crippen LogP) is 2.13. The van der Waals surface area contributed by atoms with Crippen molar-refractivity contribution < 1.29 is 4.79 Å². The molecular formula is C21H36N4O. The number of likely N-dealkylation sites (N-methyl/N-ethyl adjacent to an activating group) is 2. The molecule has 1 aliphatic heterocycles. The predicted molar refractivity (Wildman–Crippen MR) is 108 cm³/mol. The van der Waals surface area contributed by atoms with E-state index in [4.69, 9.17) is 0 Å². The second-order valence-electron chi connectivity index (χ2n) is 8.17. The van der Waals surface area contributed by atoms with Gasteiger partial charge in [0.2, 0.25) is 5.91 Å². The van der Waals surface area contributed by atoms with E-state index in [-0.39, 0.29) is 17.5 Å². The van der Waals surface area contributed by atoms with E-state index < -0.39 is 0 Å². The van der Waals surface area contributed by atoms with Crippen molar-refractivity contribution in [2.75, 3.05) is 53.4 Å². The van der Waals surface area contributed by atoms with Crippen LogP contribution in [0.5, 0.6) is 0 Å². The van der Waals surface area contributed by atoms with Crippen molar-refractivity contribution in [2.24, 2.45) is 0 Å². The molecule has 1 aliphatic rings. The number of amides is 1. The molecule has 0 radical (unpaired) electrons. The molecule has 1 atom stereocenters. The molecule has 1 aromatic carbocycles. The zero-order chi connectivity index (χ0) is 19.3. The third kappa shape index (κ3) is 5.06. The average Bonchev–Trinajstić information content (AvgIpc) is 2.61. The quantitative estimate of drug-likeness (QED) is 0.809. The molecule has 0 saturated carbocycles. The lowest BCUT2D eigenvalue weighted by Gasteiger charge is -2.44. The van der Waals surface area contributed by atoms with E-state index in [2.05, 4.69) is 54.9 Å². The van der Waals surface area contributed by atoms with Crippen molar-refractivity contribution in [3.8, 4) is 0 Å². The van der Waals surface area contributed by atoms with Crippen LogP contribution in [-0.2, 0) is 4.79 Å². The van der Waals surface area contributed by atoms with Gasteiger partial charge in [-0.05, 0) is 52.5 Å². The van der Waals surface area contributed by atoms with Crippen LogP contribution in [0.3, 0.4) is 0 Å². The molecule has 5 heteroatoms. The minimum absolute atomic E-state index is 0.0436. The van der Waals surface area contributed by atoms with Gasteiger partial charge in [-0.15, -0.1) is 0 Å². The maximum Gasteiger partial charge on any atom is 0.242 e. The van der Waals surface area contributed by atoms with Crippen LogP contribution in [0.4, 0.5) is 0 Å². The molecule has 1 fully saturated rings. The summed E-state index contributed by atoms with van der Waals surface area (Å²) in [6.07, 6.45) is 0. The number of nitrogens with zero attached hydrogens (tertiary/aromatic N) is 3. The summed E-state index contributed by atoms with van der Waals surface area (Å²) in [7, 11) is 3.93. The fourth-order valence-electron chi connectivity index (χ4n) is 3.73. The van der Waals surface area contributed by atoms with Gasteiger partial charge >= 0.3 is 0 Å². The highest BCUT2D eigenvalue weighted by atomic mass is 16.2. The van der Waals surface area contributed by atoms with Gasteiger partial charge in [0, 0.05) is 38.3 Å². The Hall–Kier alpha value is -1.43. The lowest BCUT2D eigenvalue weighted by Crippen LogP contribution is -2.58. The topological polar surface area (TPSA) is 38.8 Å². The van der Waals surface area contributed by atoms with E-state index in [1.807, 2.05) is 31.1 Å². The molecule has 0 aromatic heterocycles. The highest BCUT2D eigenvalue weighted by Crippen LogP contribution is 2.23. The molecule has 0 bridgehead atoms. The van der Waals surface area contributed by atoms with Crippen molar-refractivity contribution >= 4 is 5.91 Å². The number of carbonyl (C=O) groups excluding carboxylic acids is 1. The van der Waals surface area contributed by atoms with E-state index in [1.165, 1.54) is 0 Å². The first-order valence-corrected chi connectivity index (χ1v) is 9.73. The number of piperazine rings is 1. The molecule has 146 valence electrons. The molecule has 0 aliphatic carbocycles. The van der Waals surface area contributed by atoms with Gasteiger partial charge in [-0.3, -0.25) is 14.6 Å². The van der Waals surface area contributed by atoms with Crippen LogP contribution >= 0.6 is 0 Å². The summed E-state index contributed by atoms with van der Waals surface area (Å²) in [6.45, 7) is 14.9. The SMILES string of the molecule is CCN1CCN(C(C)(C)CNC(=O)C(c2ccccc2C)N(C)C)CC1. The molecular weight excluding hydrogens is 324 g/mol. The minimum atomic E-state index is -0.260. The Balaban J connectivity index is 2.00. The highest BCUT2D eigenvalue weighted by Gasteiger charge is 2.31. The normalized spacial score (nSPS) is 18.1. The van der Waals surface area contributed by atoms with Gasteiger partial charge in [0.15, 0.2) is 0 Å². The third-order valence-corrected chi connectivity index (χ3v) is 5.62. The molecule has 1 aromatic rings. The maximum atomic E-state index is 13.0. The number of aryl methyl sites for hydroxylation is 1. The summed E-state index contributed by atoms with van der Waals surface area (Å²) < 4.78 is 0. The zero-order valence-electron chi connectivity index (χ0n) is 17.4. The van der Waals surface area contributed by atoms with E-state index in [0.29, 0.717) is 6.54 Å². The van der Waals surface area contributed by atoms with E-state index >= 15 is 0 Å². The highest BCUT2D eigenvalue weighted by molar-refractivity contribution is 5.83. The largest absolute Gasteiger partial charge is 0.353 e. The van der Waals surface area contributed by atoms with Gasteiger partial charge in [-0.1, -0.05) is 31.2 Å². The number of hydrogen-bond donors (Lipinski definition) is 1. The Bertz CT molecular complexity index is 591. The second-order valence-corrected chi connectivity index (χ2v) is 8.17. The van der Waals surface area contributed by atoms with Crippen LogP contribution in [-0.4, -0.2) is 79.5 Å². The number of carbonyl (C=O) groups is 1. The molecule has 1 heterocycles. The Labute approximate surface area is 159 Å². The van der Waals surface area contributed by atoms with Crippen LogP contribution in [0.1, 0.15) is 37.9 Å². The lowest BCUT2D eigenvalue weighted by atomic mass is 9.98. The summed E-state index contributed by atoms with van der Waals surface area (Å²) in [5, 5.41) is 3.22. The van der Waals surface area contributed by atoms with Gasteiger partial charge in [0.25, 0.3) is 0 Å². The number of nitrogens with one attached hydrogen (secondary N) is 1. The Morgan fingerprint density at radius 1 is 1.19 bits per heavy atom. The van der Waals surface area contributed by atoms with Crippen molar-refractivity contribution in [1.29, 1.82) is 0 Å². The monoisotopic (exact) mass is 360 g/mol. The molecule has 1 amide bonds. The van der Waals surface area contributed by atoms with Crippen LogP contribution in [0, 0.1) is 6.92 Å². The Kier molecular flexibility index (Phi) is 7.21. The molecule has 26 heavy (non-hydrogen) atoms. The Morgan fingerprint density at radius 3 is 2.35 bits per heavy atom. The average molecular weight is 361 g/mol. The van der Waals surface area contributed by atoms with Crippen LogP contribution in [0.25, 0.3) is 0 Å². The van der Waals surface area contributed by atoms with Crippen LogP contribution < -0.4 is 5.32 Å². The first kappa shape index (κ1) is 20.9. The van der Waals surface area contributed by atoms with Crippen molar-refractivity contribution in [3.63, 3.8) is 0 Å². The van der Waals surface area contributed by atoms with E-state index in [1.54, 1.807) is 0 Å². The summed E-state index contributed by atoms with van der Waals surface area (Å²) in [5.41, 5.74) is 2.18. The minimum Gasteiger partial charge on any atom is -0.353 e. The fraction of sp³-hybridized carbons (Fsp3) is 0.667. The first-order valence-electron chi connectivity index (χ1n) is 9.73. The third-order valence-electron chi connectivity index (χ3n) is 5.62. The summed E-state index contributed by atoms with van der Waals surface area (Å²) in [5.74, 6) is 0.0737. The summed E-state index contributed by atoms with van der Waals surface area (Å²) >= 11 is 0. The molecule has 5 nitrogen and oxygen atoms in total. The van der Waals surface area contributed by atoms with Gasteiger partial charge in [0.05, 0.1) is 0 Å². The van der Waals surface area contributed by atoms with Crippen molar-refractivity contribution in [1.82, 2.24) is 20.0 Å². The molecule has 1 saturated heterocycles. The van der Waals surface area contributed by atoms with Gasteiger partial charge in [-0.2, -0.15) is 0 Å². The van der Waals surface area contributed by atoms with Gasteiger partial charge < -0.3 is 10.2 Å². The van der Waals surface area contributed by atoms with Crippen molar-refractivity contribution in [2.45, 2.75) is 39.3 Å². The standard InChI is InChI=1S/C21H36N4O/c1-7-24-12-14-25(15-13-24)21(3,4)16-22-20(26)19(23(5)6)18-11-9-8-10-17(18)2/h8-11,19H,7,12-16H2,1-6H3,(H,22,26). The Morgan fingerprint density at radius 2 is 1.81 bits per heavy atom. The molecule has 1 unspecified atom stereocenters. The van der Waals surface area contributed by atoms with E-state index in [9.17, 15) is 4.79 Å². The molecule has 1 N–H and O–H groups in total. The van der Waals surface area contributed by atoms with Gasteiger partial charge in [0.1, 0.15) is 6.04 Å². The number of hydrogen-bond acceptors (Lipinski definition) is 4. The molecule has 0 spiro atoms. The zero-order valence-corrected chi connectivity index (χ0v) is 17.4. The second kappa shape index (κ2) is 8.98. The first-order chi connectivity index (χ1) is 12.3. The van der Waals surface area contributed by atoms with Crippen LogP contribution in [0.2, 0.25) is 0 Å².